The predicted octanol–water partition coefficient (Wildman–Crippen LogP) is -1.25. The van der Waals surface area contributed by atoms with Crippen LogP contribution in [-0.4, -0.2) is 57.7 Å². The van der Waals surface area contributed by atoms with Crippen molar-refractivity contribution in [1.82, 2.24) is 14.9 Å². The Hall–Kier alpha value is -0.660. The lowest BCUT2D eigenvalue weighted by Gasteiger charge is -2.30. The molecule has 16 heavy (non-hydrogen) atoms. The van der Waals surface area contributed by atoms with E-state index in [-0.39, 0.29) is 5.91 Å². The summed E-state index contributed by atoms with van der Waals surface area (Å²) in [4.78, 5) is 13.7. The third-order valence-electron chi connectivity index (χ3n) is 2.49. The Morgan fingerprint density at radius 1 is 1.44 bits per heavy atom. The molecule has 94 valence electrons. The molecule has 1 atom stereocenters. The van der Waals surface area contributed by atoms with Crippen molar-refractivity contribution in [2.45, 2.75) is 19.4 Å². The lowest BCUT2D eigenvalue weighted by molar-refractivity contribution is -0.133. The summed E-state index contributed by atoms with van der Waals surface area (Å²) in [6.07, 6.45) is 1.54. The molecule has 0 aromatic heterocycles. The second-order valence-corrected chi connectivity index (χ2v) is 5.71. The van der Waals surface area contributed by atoms with E-state index >= 15 is 0 Å². The Kier molecular flexibility index (Phi) is 4.69. The number of nitrogens with one attached hydrogen (secondary N) is 2. The number of carbonyl (C=O) groups is 1. The fourth-order valence-corrected chi connectivity index (χ4v) is 2.46. The summed E-state index contributed by atoms with van der Waals surface area (Å²) in [6, 6.07) is -0.631. The van der Waals surface area contributed by atoms with Gasteiger partial charge in [0.1, 0.15) is 6.04 Å². The van der Waals surface area contributed by atoms with E-state index in [1.807, 2.05) is 0 Å². The van der Waals surface area contributed by atoms with Crippen LogP contribution in [0.1, 0.15) is 13.3 Å². The van der Waals surface area contributed by atoms with E-state index in [4.69, 9.17) is 0 Å². The van der Waals surface area contributed by atoms with Crippen molar-refractivity contribution < 1.29 is 13.2 Å². The van der Waals surface area contributed by atoms with Gasteiger partial charge < -0.3 is 10.2 Å². The van der Waals surface area contributed by atoms with E-state index in [1.54, 1.807) is 11.8 Å². The molecule has 0 aromatic carbocycles. The molecule has 1 fully saturated rings. The maximum atomic E-state index is 12.0. The molecule has 7 heteroatoms. The molecule has 2 N–H and O–H groups in total. The van der Waals surface area contributed by atoms with Crippen molar-refractivity contribution in [3.63, 3.8) is 0 Å². The number of hydrogen-bond acceptors (Lipinski definition) is 4. The molecule has 0 aliphatic carbocycles. The van der Waals surface area contributed by atoms with Crippen LogP contribution in [-0.2, 0) is 14.8 Å². The maximum Gasteiger partial charge on any atom is 0.240 e. The fourth-order valence-electron chi connectivity index (χ4n) is 1.67. The molecule has 1 saturated heterocycles. The van der Waals surface area contributed by atoms with Gasteiger partial charge >= 0.3 is 0 Å². The molecular weight excluding hydrogens is 230 g/mol. The van der Waals surface area contributed by atoms with Crippen LogP contribution < -0.4 is 10.0 Å². The molecule has 0 bridgehead atoms. The van der Waals surface area contributed by atoms with Gasteiger partial charge in [-0.3, -0.25) is 4.79 Å². The third kappa shape index (κ3) is 4.07. The first-order valence-corrected chi connectivity index (χ1v) is 7.30. The summed E-state index contributed by atoms with van der Waals surface area (Å²) in [7, 11) is -3.33. The molecule has 0 aromatic rings. The van der Waals surface area contributed by atoms with Crippen molar-refractivity contribution in [2.75, 3.05) is 32.4 Å². The van der Waals surface area contributed by atoms with E-state index < -0.39 is 16.1 Å². The average Bonchev–Trinajstić information content (AvgIpc) is 2.25. The van der Waals surface area contributed by atoms with Crippen LogP contribution in [0.25, 0.3) is 0 Å². The SMILES string of the molecule is CCC(NS(C)(=O)=O)C(=O)N1CCNCC1. The van der Waals surface area contributed by atoms with Crippen LogP contribution in [0, 0.1) is 0 Å². The normalized spacial score (nSPS) is 19.5. The molecule has 0 radical (unpaired) electrons. The van der Waals surface area contributed by atoms with Gasteiger partial charge in [-0.15, -0.1) is 0 Å². The monoisotopic (exact) mass is 249 g/mol. The average molecular weight is 249 g/mol. The summed E-state index contributed by atoms with van der Waals surface area (Å²) >= 11 is 0. The zero-order valence-corrected chi connectivity index (χ0v) is 10.5. The molecule has 1 amide bonds. The number of piperazine rings is 1. The Morgan fingerprint density at radius 3 is 2.44 bits per heavy atom. The summed E-state index contributed by atoms with van der Waals surface area (Å²) in [6.45, 7) is 4.60. The molecule has 1 rings (SSSR count). The van der Waals surface area contributed by atoms with Gasteiger partial charge in [0.2, 0.25) is 15.9 Å². The Labute approximate surface area is 96.4 Å². The lowest BCUT2D eigenvalue weighted by atomic mass is 10.2. The smallest absolute Gasteiger partial charge is 0.240 e. The molecule has 1 aliphatic heterocycles. The minimum atomic E-state index is -3.33. The first-order chi connectivity index (χ1) is 7.44. The van der Waals surface area contributed by atoms with E-state index in [0.29, 0.717) is 19.5 Å². The van der Waals surface area contributed by atoms with Crippen molar-refractivity contribution in [3.05, 3.63) is 0 Å². The summed E-state index contributed by atoms with van der Waals surface area (Å²) in [5.74, 6) is -0.130. The molecular formula is C9H19N3O3S. The number of sulfonamides is 1. The third-order valence-corrected chi connectivity index (χ3v) is 3.20. The summed E-state index contributed by atoms with van der Waals surface area (Å²) in [5.41, 5.74) is 0. The zero-order chi connectivity index (χ0) is 12.2. The van der Waals surface area contributed by atoms with Gasteiger partial charge in [0.25, 0.3) is 0 Å². The minimum Gasteiger partial charge on any atom is -0.339 e. The second kappa shape index (κ2) is 5.60. The van der Waals surface area contributed by atoms with E-state index in [0.717, 1.165) is 19.3 Å². The van der Waals surface area contributed by atoms with Gasteiger partial charge in [-0.25, -0.2) is 13.1 Å². The standard InChI is InChI=1S/C9H19N3O3S/c1-3-8(11-16(2,14)15)9(13)12-6-4-10-5-7-12/h8,10-11H,3-7H2,1-2H3. The number of rotatable bonds is 4. The molecule has 1 unspecified atom stereocenters. The number of nitrogens with zero attached hydrogens (tertiary/aromatic N) is 1. The van der Waals surface area contributed by atoms with Crippen molar-refractivity contribution in [3.8, 4) is 0 Å². The number of carbonyl (C=O) groups excluding carboxylic acids is 1. The van der Waals surface area contributed by atoms with Crippen LogP contribution in [0.4, 0.5) is 0 Å². The topological polar surface area (TPSA) is 78.5 Å². The zero-order valence-electron chi connectivity index (χ0n) is 9.69. The van der Waals surface area contributed by atoms with Crippen LogP contribution in [0.2, 0.25) is 0 Å². The number of amides is 1. The number of hydrogen-bond donors (Lipinski definition) is 2. The highest BCUT2D eigenvalue weighted by Gasteiger charge is 2.26. The highest BCUT2D eigenvalue weighted by molar-refractivity contribution is 7.88. The quantitative estimate of drug-likeness (QED) is 0.652. The van der Waals surface area contributed by atoms with Crippen LogP contribution in [0.3, 0.4) is 0 Å². The molecule has 6 nitrogen and oxygen atoms in total. The van der Waals surface area contributed by atoms with Crippen LogP contribution in [0.5, 0.6) is 0 Å². The minimum absolute atomic E-state index is 0.130. The van der Waals surface area contributed by atoms with E-state index in [2.05, 4.69) is 10.0 Å². The largest absolute Gasteiger partial charge is 0.339 e. The summed E-state index contributed by atoms with van der Waals surface area (Å²) in [5, 5.41) is 3.14. The van der Waals surface area contributed by atoms with E-state index in [9.17, 15) is 13.2 Å². The van der Waals surface area contributed by atoms with Crippen molar-refractivity contribution in [2.24, 2.45) is 0 Å². The first-order valence-electron chi connectivity index (χ1n) is 5.41. The highest BCUT2D eigenvalue weighted by Crippen LogP contribution is 2.02. The van der Waals surface area contributed by atoms with E-state index in [1.165, 1.54) is 0 Å². The molecule has 1 aliphatic rings. The Balaban J connectivity index is 2.61. The van der Waals surface area contributed by atoms with Crippen LogP contribution >= 0.6 is 0 Å². The van der Waals surface area contributed by atoms with Gasteiger partial charge in [0, 0.05) is 26.2 Å². The summed E-state index contributed by atoms with van der Waals surface area (Å²) < 4.78 is 24.6. The van der Waals surface area contributed by atoms with Gasteiger partial charge in [0.15, 0.2) is 0 Å². The van der Waals surface area contributed by atoms with Gasteiger partial charge in [-0.05, 0) is 6.42 Å². The van der Waals surface area contributed by atoms with Crippen LogP contribution in [0.15, 0.2) is 0 Å². The van der Waals surface area contributed by atoms with Gasteiger partial charge in [-0.1, -0.05) is 6.92 Å². The predicted molar refractivity (Wildman–Crippen MR) is 61.5 cm³/mol. The maximum absolute atomic E-state index is 12.0. The molecule has 0 saturated carbocycles. The molecule has 0 spiro atoms. The van der Waals surface area contributed by atoms with Crippen molar-refractivity contribution in [1.29, 1.82) is 0 Å². The fraction of sp³-hybridized carbons (Fsp3) is 0.889. The second-order valence-electron chi connectivity index (χ2n) is 3.93. The Morgan fingerprint density at radius 2 is 2.00 bits per heavy atom. The lowest BCUT2D eigenvalue weighted by Crippen LogP contribution is -2.53. The van der Waals surface area contributed by atoms with Gasteiger partial charge in [-0.2, -0.15) is 0 Å². The van der Waals surface area contributed by atoms with Gasteiger partial charge in [0.05, 0.1) is 6.26 Å². The Bertz CT molecular complexity index is 336. The highest BCUT2D eigenvalue weighted by atomic mass is 32.2. The first kappa shape index (κ1) is 13.4. The van der Waals surface area contributed by atoms with Crippen molar-refractivity contribution >= 4 is 15.9 Å². The molecule has 1 heterocycles.